The van der Waals surface area contributed by atoms with Gasteiger partial charge in [-0.1, -0.05) is 35.5 Å². The number of aromatic nitrogens is 3. The van der Waals surface area contributed by atoms with Crippen LogP contribution in [0.25, 0.3) is 11.3 Å². The van der Waals surface area contributed by atoms with Crippen molar-refractivity contribution in [1.82, 2.24) is 25.2 Å². The molecule has 2 N–H and O–H groups in total. The summed E-state index contributed by atoms with van der Waals surface area (Å²) in [6.07, 6.45) is 2.85. The predicted octanol–water partition coefficient (Wildman–Crippen LogP) is 1.82. The highest BCUT2D eigenvalue weighted by Crippen LogP contribution is 2.35. The van der Waals surface area contributed by atoms with Crippen molar-refractivity contribution >= 4 is 11.9 Å². The van der Waals surface area contributed by atoms with Gasteiger partial charge in [-0.15, -0.1) is 5.10 Å². The molecule has 1 aromatic heterocycles. The third-order valence-electron chi connectivity index (χ3n) is 5.26. The molecule has 0 amide bonds. The number of benzene rings is 1. The van der Waals surface area contributed by atoms with E-state index in [1.807, 2.05) is 6.07 Å². The first-order chi connectivity index (χ1) is 11.9. The molecule has 2 atom stereocenters. The lowest BCUT2D eigenvalue weighted by Crippen LogP contribution is -2.42. The maximum absolute atomic E-state index is 6.47. The van der Waals surface area contributed by atoms with E-state index in [0.717, 1.165) is 36.8 Å². The molecule has 128 valence electrons. The zero-order valence-corrected chi connectivity index (χ0v) is 14.2. The van der Waals surface area contributed by atoms with Crippen molar-refractivity contribution in [3.63, 3.8) is 0 Å². The van der Waals surface area contributed by atoms with Crippen LogP contribution >= 0.6 is 11.9 Å². The van der Waals surface area contributed by atoms with Gasteiger partial charge in [0.1, 0.15) is 5.69 Å². The van der Waals surface area contributed by atoms with E-state index in [0.29, 0.717) is 12.1 Å². The Morgan fingerprint density at radius 1 is 1.17 bits per heavy atom. The van der Waals surface area contributed by atoms with Gasteiger partial charge in [0.25, 0.3) is 0 Å². The van der Waals surface area contributed by atoms with Crippen LogP contribution in [0.3, 0.4) is 0 Å². The topological polar surface area (TPSA) is 66.2 Å². The third kappa shape index (κ3) is 2.95. The Morgan fingerprint density at radius 3 is 2.71 bits per heavy atom. The molecule has 3 aliphatic rings. The van der Waals surface area contributed by atoms with Crippen molar-refractivity contribution in [2.24, 2.45) is 5.92 Å². The lowest BCUT2D eigenvalue weighted by atomic mass is 10.1. The van der Waals surface area contributed by atoms with Gasteiger partial charge in [0.2, 0.25) is 0 Å². The lowest BCUT2D eigenvalue weighted by molar-refractivity contribution is 0.303. The summed E-state index contributed by atoms with van der Waals surface area (Å²) in [6.45, 7) is 4.40. The maximum atomic E-state index is 6.47. The van der Waals surface area contributed by atoms with Gasteiger partial charge in [-0.05, 0) is 18.8 Å². The van der Waals surface area contributed by atoms with Crippen molar-refractivity contribution in [3.8, 4) is 11.3 Å². The molecule has 2 aromatic rings. The van der Waals surface area contributed by atoms with Crippen molar-refractivity contribution in [3.05, 3.63) is 36.0 Å². The highest BCUT2D eigenvalue weighted by Gasteiger charge is 2.40. The summed E-state index contributed by atoms with van der Waals surface area (Å²) >= 11 is 3.64. The Kier molecular flexibility index (Phi) is 4.54. The molecule has 2 fully saturated rings. The van der Waals surface area contributed by atoms with Gasteiger partial charge < -0.3 is 5.32 Å². The van der Waals surface area contributed by atoms with Crippen LogP contribution in [0.2, 0.25) is 0 Å². The Morgan fingerprint density at radius 2 is 1.96 bits per heavy atom. The fourth-order valence-electron chi connectivity index (χ4n) is 3.92. The van der Waals surface area contributed by atoms with E-state index in [4.69, 9.17) is 4.66 Å². The first-order valence-corrected chi connectivity index (χ1v) is 8.84. The Bertz CT molecular complexity index is 688. The number of hydrogen-bond acceptors (Lipinski definition) is 5. The van der Waals surface area contributed by atoms with Gasteiger partial charge in [-0.25, -0.2) is 4.68 Å². The Labute approximate surface area is 146 Å². The van der Waals surface area contributed by atoms with Crippen LogP contribution in [-0.4, -0.2) is 50.2 Å². The van der Waals surface area contributed by atoms with Gasteiger partial charge >= 0.3 is 0 Å². The quantitative estimate of drug-likeness (QED) is 0.886. The minimum absolute atomic E-state index is 0.437. The number of nitrogens with zero attached hydrogens (tertiary/aromatic N) is 4. The van der Waals surface area contributed by atoms with Crippen molar-refractivity contribution < 1.29 is 4.66 Å². The minimum Gasteiger partial charge on any atom is -0.305 e. The SMILES string of the molecule is OCl.c1ccc(-c2nnn3c2CNC2CN(CC4CC4)CC23)cc1. The third-order valence-corrected chi connectivity index (χ3v) is 5.26. The number of fused-ring (bicyclic) bond motifs is 3. The zero-order chi connectivity index (χ0) is 16.5. The van der Waals surface area contributed by atoms with Crippen LogP contribution < -0.4 is 5.32 Å². The lowest BCUT2D eigenvalue weighted by Gasteiger charge is -2.27. The largest absolute Gasteiger partial charge is 0.305 e. The summed E-state index contributed by atoms with van der Waals surface area (Å²) in [5, 5.41) is 12.7. The zero-order valence-electron chi connectivity index (χ0n) is 13.5. The average Bonchev–Trinajstić information content (AvgIpc) is 3.19. The van der Waals surface area contributed by atoms with Crippen LogP contribution in [0.5, 0.6) is 0 Å². The second-order valence-corrected chi connectivity index (χ2v) is 6.91. The molecule has 0 bridgehead atoms. The molecule has 3 heterocycles. The van der Waals surface area contributed by atoms with Crippen LogP contribution in [0.4, 0.5) is 0 Å². The normalized spacial score (nSPS) is 25.6. The highest BCUT2D eigenvalue weighted by atomic mass is 35.5. The summed E-state index contributed by atoms with van der Waals surface area (Å²) in [4.78, 5) is 2.61. The van der Waals surface area contributed by atoms with Gasteiger partial charge in [-0.2, -0.15) is 0 Å². The van der Waals surface area contributed by atoms with E-state index in [1.165, 1.54) is 25.1 Å². The van der Waals surface area contributed by atoms with Crippen LogP contribution in [0.1, 0.15) is 24.6 Å². The first-order valence-electron chi connectivity index (χ1n) is 8.50. The van der Waals surface area contributed by atoms with Gasteiger partial charge in [-0.3, -0.25) is 9.56 Å². The number of likely N-dealkylation sites (tertiary alicyclic amines) is 1. The van der Waals surface area contributed by atoms with Crippen molar-refractivity contribution in [1.29, 1.82) is 0 Å². The van der Waals surface area contributed by atoms with Gasteiger partial charge in [0.15, 0.2) is 0 Å². The van der Waals surface area contributed by atoms with Crippen molar-refractivity contribution in [2.45, 2.75) is 31.5 Å². The molecule has 2 unspecified atom stereocenters. The number of rotatable bonds is 3. The minimum atomic E-state index is 0.437. The molecule has 6 nitrogen and oxygen atoms in total. The van der Waals surface area contributed by atoms with Crippen molar-refractivity contribution in [2.75, 3.05) is 19.6 Å². The number of halogens is 1. The van der Waals surface area contributed by atoms with Crippen LogP contribution in [0, 0.1) is 5.92 Å². The molecule has 0 radical (unpaired) electrons. The number of nitrogens with one attached hydrogen (secondary N) is 1. The highest BCUT2D eigenvalue weighted by molar-refractivity contribution is 6.04. The predicted molar refractivity (Wildman–Crippen MR) is 92.4 cm³/mol. The summed E-state index contributed by atoms with van der Waals surface area (Å²) < 4.78 is 8.66. The number of hydrogen-bond donors (Lipinski definition) is 2. The van der Waals surface area contributed by atoms with E-state index in [1.54, 1.807) is 0 Å². The van der Waals surface area contributed by atoms with Crippen LogP contribution in [0.15, 0.2) is 30.3 Å². The summed E-state index contributed by atoms with van der Waals surface area (Å²) in [6, 6.07) is 11.4. The molecule has 0 spiro atoms. The Balaban J connectivity index is 0.000000704. The second-order valence-electron chi connectivity index (χ2n) is 6.91. The van der Waals surface area contributed by atoms with E-state index in [-0.39, 0.29) is 0 Å². The first kappa shape index (κ1) is 16.0. The smallest absolute Gasteiger partial charge is 0.117 e. The van der Waals surface area contributed by atoms with E-state index in [9.17, 15) is 0 Å². The molecule has 24 heavy (non-hydrogen) atoms. The Hall–Kier alpha value is -1.47. The monoisotopic (exact) mass is 347 g/mol. The van der Waals surface area contributed by atoms with E-state index in [2.05, 4.69) is 61.3 Å². The van der Waals surface area contributed by atoms with E-state index < -0.39 is 0 Å². The molecule has 2 aliphatic heterocycles. The summed E-state index contributed by atoms with van der Waals surface area (Å²) in [5.74, 6) is 0.954. The molecule has 5 rings (SSSR count). The summed E-state index contributed by atoms with van der Waals surface area (Å²) in [5.41, 5.74) is 3.43. The van der Waals surface area contributed by atoms with Gasteiger partial charge in [0, 0.05) is 37.8 Å². The maximum Gasteiger partial charge on any atom is 0.117 e. The van der Waals surface area contributed by atoms with E-state index >= 15 is 0 Å². The molecule has 1 aliphatic carbocycles. The van der Waals surface area contributed by atoms with Gasteiger partial charge in [0.05, 0.1) is 23.6 Å². The molecule has 7 heteroatoms. The molecule has 1 aromatic carbocycles. The molecular weight excluding hydrogens is 326 g/mol. The summed E-state index contributed by atoms with van der Waals surface area (Å²) in [7, 11) is 0. The second kappa shape index (κ2) is 6.80. The molecule has 1 saturated carbocycles. The standard InChI is InChI=1S/C17H21N5.ClHO/c1-2-4-13(5-3-1)17-15-8-18-14-10-21(9-12-6-7-12)11-16(14)22(15)20-19-17;1-2/h1-5,12,14,16,18H,6-11H2;2H. The molecule has 1 saturated heterocycles. The fraction of sp³-hybridized carbons (Fsp3) is 0.529. The van der Waals surface area contributed by atoms with Crippen LogP contribution in [-0.2, 0) is 6.54 Å². The average molecular weight is 348 g/mol. The molecular formula is C17H22ClN5O. The fourth-order valence-corrected chi connectivity index (χ4v) is 3.92.